The van der Waals surface area contributed by atoms with E-state index >= 15 is 0 Å². The summed E-state index contributed by atoms with van der Waals surface area (Å²) in [5, 5.41) is 4.02. The number of rotatable bonds is 3. The first-order valence-corrected chi connectivity index (χ1v) is 7.98. The molecule has 0 spiro atoms. The monoisotopic (exact) mass is 377 g/mol. The molecule has 5 nitrogen and oxygen atoms in total. The Balaban J connectivity index is 0.00000132. The van der Waals surface area contributed by atoms with Crippen molar-refractivity contribution in [1.29, 1.82) is 0 Å². The lowest BCUT2D eigenvalue weighted by Crippen LogP contribution is -2.47. The summed E-state index contributed by atoms with van der Waals surface area (Å²) in [4.78, 5) is 20.0. The van der Waals surface area contributed by atoms with Crippen LogP contribution in [0.2, 0.25) is 0 Å². The summed E-state index contributed by atoms with van der Waals surface area (Å²) in [6.45, 7) is 3.50. The molecule has 1 atom stereocenters. The van der Waals surface area contributed by atoms with Crippen molar-refractivity contribution >= 4 is 42.1 Å². The lowest BCUT2D eigenvalue weighted by atomic mass is 10.1. The van der Waals surface area contributed by atoms with Crippen molar-refractivity contribution in [2.75, 3.05) is 20.1 Å². The van der Waals surface area contributed by atoms with E-state index in [1.165, 1.54) is 11.3 Å². The van der Waals surface area contributed by atoms with E-state index in [-0.39, 0.29) is 30.7 Å². The van der Waals surface area contributed by atoms with Gasteiger partial charge in [0.15, 0.2) is 10.8 Å². The molecule has 1 aliphatic heterocycles. The lowest BCUT2D eigenvalue weighted by molar-refractivity contribution is 0.0692. The number of halogens is 2. The zero-order valence-corrected chi connectivity index (χ0v) is 15.5. The van der Waals surface area contributed by atoms with Gasteiger partial charge in [-0.2, -0.15) is 0 Å². The summed E-state index contributed by atoms with van der Waals surface area (Å²) in [5.74, 6) is 0.746. The largest absolute Gasteiger partial charge is 0.462 e. The third-order valence-corrected chi connectivity index (χ3v) is 4.83. The van der Waals surface area contributed by atoms with Crippen molar-refractivity contribution in [3.8, 4) is 10.8 Å². The molecule has 0 aromatic carbocycles. The molecule has 3 heterocycles. The molecule has 1 fully saturated rings. The first-order valence-electron chi connectivity index (χ1n) is 7.17. The quantitative estimate of drug-likeness (QED) is 0.890. The zero-order valence-electron chi connectivity index (χ0n) is 13.1. The van der Waals surface area contributed by atoms with E-state index < -0.39 is 0 Å². The summed E-state index contributed by atoms with van der Waals surface area (Å²) < 4.78 is 5.36. The number of nitrogens with zero attached hydrogens (tertiary/aromatic N) is 2. The molecule has 0 radical (unpaired) electrons. The second-order valence-corrected chi connectivity index (χ2v) is 6.48. The molecular weight excluding hydrogens is 357 g/mol. The Kier molecular flexibility index (Phi) is 7.54. The van der Waals surface area contributed by atoms with Crippen LogP contribution in [0.15, 0.2) is 22.8 Å². The summed E-state index contributed by atoms with van der Waals surface area (Å²) in [7, 11) is 1.95. The summed E-state index contributed by atoms with van der Waals surface area (Å²) in [5.41, 5.74) is 0.558. The van der Waals surface area contributed by atoms with Crippen molar-refractivity contribution in [3.05, 3.63) is 29.0 Å². The highest BCUT2D eigenvalue weighted by molar-refractivity contribution is 7.15. The van der Waals surface area contributed by atoms with Crippen LogP contribution >= 0.6 is 36.2 Å². The predicted molar refractivity (Wildman–Crippen MR) is 97.0 cm³/mol. The van der Waals surface area contributed by atoms with E-state index in [1.807, 2.05) is 31.0 Å². The van der Waals surface area contributed by atoms with Gasteiger partial charge in [-0.05, 0) is 38.9 Å². The van der Waals surface area contributed by atoms with Gasteiger partial charge < -0.3 is 14.6 Å². The van der Waals surface area contributed by atoms with Gasteiger partial charge in [-0.1, -0.05) is 0 Å². The number of nitrogens with one attached hydrogen (secondary N) is 1. The first kappa shape index (κ1) is 20.0. The van der Waals surface area contributed by atoms with E-state index in [0.29, 0.717) is 17.5 Å². The number of aryl methyl sites for hydroxylation is 1. The fraction of sp³-hybridized carbons (Fsp3) is 0.467. The van der Waals surface area contributed by atoms with Crippen molar-refractivity contribution in [3.63, 3.8) is 0 Å². The van der Waals surface area contributed by atoms with Crippen LogP contribution in [0.25, 0.3) is 10.8 Å². The van der Waals surface area contributed by atoms with E-state index in [9.17, 15) is 4.79 Å². The van der Waals surface area contributed by atoms with Crippen LogP contribution in [-0.2, 0) is 0 Å². The first-order chi connectivity index (χ1) is 10.2. The Bertz CT molecular complexity index is 631. The Labute approximate surface area is 152 Å². The molecule has 128 valence electrons. The number of hydrogen-bond donors (Lipinski definition) is 1. The standard InChI is InChI=1S/C15H19N3O2S.2ClH/c1-10-13(17-14(21-10)12-6-4-8-20-12)15(19)18-7-3-5-11(9-18)16-2;;/h4,6,8,11,16H,3,5,7,9H2,1-2H3;2*1H. The number of thiazole rings is 1. The number of likely N-dealkylation sites (N-methyl/N-ethyl adjacent to an activating group) is 1. The number of hydrogen-bond acceptors (Lipinski definition) is 5. The van der Waals surface area contributed by atoms with Crippen molar-refractivity contribution in [2.24, 2.45) is 0 Å². The molecule has 0 saturated carbocycles. The Morgan fingerprint density at radius 3 is 2.91 bits per heavy atom. The molecule has 2 aromatic heterocycles. The minimum absolute atomic E-state index is 0. The molecule has 1 aliphatic rings. The molecule has 1 saturated heterocycles. The van der Waals surface area contributed by atoms with Gasteiger partial charge in [0.05, 0.1) is 6.26 Å². The maximum absolute atomic E-state index is 12.7. The smallest absolute Gasteiger partial charge is 0.273 e. The van der Waals surface area contributed by atoms with Crippen molar-refractivity contribution in [1.82, 2.24) is 15.2 Å². The van der Waals surface area contributed by atoms with Gasteiger partial charge in [-0.25, -0.2) is 4.98 Å². The van der Waals surface area contributed by atoms with E-state index in [4.69, 9.17) is 4.42 Å². The lowest BCUT2D eigenvalue weighted by Gasteiger charge is -2.32. The molecule has 3 rings (SSSR count). The SMILES string of the molecule is CNC1CCCN(C(=O)c2nc(-c3ccco3)sc2C)C1.Cl.Cl. The van der Waals surface area contributed by atoms with Gasteiger partial charge >= 0.3 is 0 Å². The van der Waals surface area contributed by atoms with Gasteiger partial charge in [0.25, 0.3) is 5.91 Å². The van der Waals surface area contributed by atoms with Crippen molar-refractivity contribution < 1.29 is 9.21 Å². The maximum Gasteiger partial charge on any atom is 0.273 e. The van der Waals surface area contributed by atoms with Crippen LogP contribution in [0.3, 0.4) is 0 Å². The molecule has 2 aromatic rings. The normalized spacial score (nSPS) is 17.3. The molecule has 1 unspecified atom stereocenters. The van der Waals surface area contributed by atoms with E-state index in [1.54, 1.807) is 6.26 Å². The fourth-order valence-electron chi connectivity index (χ4n) is 2.65. The zero-order chi connectivity index (χ0) is 14.8. The minimum Gasteiger partial charge on any atom is -0.462 e. The number of carbonyl (C=O) groups excluding carboxylic acids is 1. The molecule has 1 amide bonds. The average molecular weight is 378 g/mol. The topological polar surface area (TPSA) is 58.4 Å². The molecular formula is C15H21Cl2N3O2S. The second kappa shape index (κ2) is 8.68. The summed E-state index contributed by atoms with van der Waals surface area (Å²) in [6, 6.07) is 4.08. The Morgan fingerprint density at radius 2 is 2.26 bits per heavy atom. The van der Waals surface area contributed by atoms with Crippen molar-refractivity contribution in [2.45, 2.75) is 25.8 Å². The van der Waals surface area contributed by atoms with Crippen LogP contribution in [0, 0.1) is 6.92 Å². The number of amides is 1. The van der Waals surface area contributed by atoms with E-state index in [2.05, 4.69) is 10.3 Å². The fourth-order valence-corrected chi connectivity index (χ4v) is 3.52. The van der Waals surface area contributed by atoms with E-state index in [0.717, 1.165) is 35.8 Å². The van der Waals surface area contributed by atoms with Gasteiger partial charge in [0.1, 0.15) is 5.69 Å². The Morgan fingerprint density at radius 1 is 1.48 bits per heavy atom. The second-order valence-electron chi connectivity index (χ2n) is 5.28. The molecule has 0 bridgehead atoms. The third-order valence-electron chi connectivity index (χ3n) is 3.85. The van der Waals surface area contributed by atoms with Gasteiger partial charge in [-0.15, -0.1) is 36.2 Å². The molecule has 23 heavy (non-hydrogen) atoms. The molecule has 1 N–H and O–H groups in total. The number of furan rings is 1. The third kappa shape index (κ3) is 4.26. The van der Waals surface area contributed by atoms with Crippen LogP contribution in [0.1, 0.15) is 28.2 Å². The van der Waals surface area contributed by atoms with Crippen LogP contribution in [0.4, 0.5) is 0 Å². The number of aromatic nitrogens is 1. The highest BCUT2D eigenvalue weighted by Crippen LogP contribution is 2.29. The average Bonchev–Trinajstić information content (AvgIpc) is 3.16. The number of likely N-dealkylation sites (tertiary alicyclic amines) is 1. The summed E-state index contributed by atoms with van der Waals surface area (Å²) in [6.07, 6.45) is 3.77. The Hall–Kier alpha value is -1.08. The van der Waals surface area contributed by atoms with Crippen LogP contribution < -0.4 is 5.32 Å². The molecule has 8 heteroatoms. The minimum atomic E-state index is 0. The van der Waals surface area contributed by atoms with Gasteiger partial charge in [0.2, 0.25) is 0 Å². The highest BCUT2D eigenvalue weighted by atomic mass is 35.5. The maximum atomic E-state index is 12.7. The molecule has 0 aliphatic carbocycles. The van der Waals surface area contributed by atoms with Crippen LogP contribution in [0.5, 0.6) is 0 Å². The van der Waals surface area contributed by atoms with Gasteiger partial charge in [0, 0.05) is 24.0 Å². The highest BCUT2D eigenvalue weighted by Gasteiger charge is 2.27. The predicted octanol–water partition coefficient (Wildman–Crippen LogP) is 3.38. The number of carbonyl (C=O) groups is 1. The summed E-state index contributed by atoms with van der Waals surface area (Å²) >= 11 is 1.50. The van der Waals surface area contributed by atoms with Gasteiger partial charge in [-0.3, -0.25) is 4.79 Å². The van der Waals surface area contributed by atoms with Crippen LogP contribution in [-0.4, -0.2) is 42.0 Å². The number of piperidine rings is 1.